The van der Waals surface area contributed by atoms with Crippen molar-refractivity contribution < 1.29 is 32.5 Å². The fraction of sp³-hybridized carbons (Fsp3) is 0.333. The molecule has 0 saturated heterocycles. The fourth-order valence-electron chi connectivity index (χ4n) is 2.64. The first kappa shape index (κ1) is 19.3. The van der Waals surface area contributed by atoms with Crippen LogP contribution in [0.15, 0.2) is 41.3 Å². The van der Waals surface area contributed by atoms with Gasteiger partial charge in [0.05, 0.1) is 14.2 Å². The van der Waals surface area contributed by atoms with Gasteiger partial charge in [0.25, 0.3) is 0 Å². The lowest BCUT2D eigenvalue weighted by Crippen LogP contribution is -2.38. The number of fused-ring (bicyclic) bond motifs is 1. The molecular formula is C18H21NO7S. The summed E-state index contributed by atoms with van der Waals surface area (Å²) in [6.07, 6.45) is 0. The van der Waals surface area contributed by atoms with Crippen molar-refractivity contribution in [2.75, 3.05) is 27.6 Å². The molecule has 9 heteroatoms. The van der Waals surface area contributed by atoms with Crippen molar-refractivity contribution in [2.45, 2.75) is 17.4 Å². The van der Waals surface area contributed by atoms with E-state index in [1.807, 2.05) is 0 Å². The molecule has 0 aromatic heterocycles. The maximum absolute atomic E-state index is 12.7. The number of hydrogen-bond donors (Lipinski definition) is 2. The van der Waals surface area contributed by atoms with Crippen LogP contribution in [0, 0.1) is 0 Å². The Morgan fingerprint density at radius 1 is 1.11 bits per heavy atom. The molecule has 1 heterocycles. The zero-order chi connectivity index (χ0) is 19.7. The lowest BCUT2D eigenvalue weighted by Gasteiger charge is -2.24. The first-order valence-corrected chi connectivity index (χ1v) is 9.59. The van der Waals surface area contributed by atoms with Crippen molar-refractivity contribution in [1.82, 2.24) is 4.72 Å². The highest BCUT2D eigenvalue weighted by molar-refractivity contribution is 7.89. The van der Waals surface area contributed by atoms with E-state index in [-0.39, 0.29) is 24.0 Å². The maximum Gasteiger partial charge on any atom is 0.244 e. The van der Waals surface area contributed by atoms with Gasteiger partial charge < -0.3 is 24.1 Å². The average molecular weight is 395 g/mol. The molecule has 2 aromatic carbocycles. The van der Waals surface area contributed by atoms with Crippen LogP contribution in [0.1, 0.15) is 12.5 Å². The number of aliphatic hydroxyl groups is 1. The predicted octanol–water partition coefficient (Wildman–Crippen LogP) is 1.62. The number of nitrogens with one attached hydrogen (secondary N) is 1. The van der Waals surface area contributed by atoms with Crippen LogP contribution < -0.4 is 23.7 Å². The lowest BCUT2D eigenvalue weighted by molar-refractivity contribution is 0.0625. The molecule has 1 aliphatic heterocycles. The molecular weight excluding hydrogens is 374 g/mol. The molecule has 0 amide bonds. The first-order valence-electron chi connectivity index (χ1n) is 8.11. The van der Waals surface area contributed by atoms with Gasteiger partial charge in [-0.15, -0.1) is 0 Å². The molecule has 0 saturated carbocycles. The third-order valence-corrected chi connectivity index (χ3v) is 5.68. The van der Waals surface area contributed by atoms with E-state index < -0.39 is 15.6 Å². The normalized spacial score (nSPS) is 15.3. The van der Waals surface area contributed by atoms with E-state index >= 15 is 0 Å². The smallest absolute Gasteiger partial charge is 0.244 e. The zero-order valence-electron chi connectivity index (χ0n) is 15.2. The Balaban J connectivity index is 1.82. The molecule has 0 unspecified atom stereocenters. The van der Waals surface area contributed by atoms with E-state index in [1.54, 1.807) is 24.3 Å². The molecule has 0 fully saturated rings. The number of sulfonamides is 1. The number of ether oxygens (including phenoxy) is 4. The molecule has 0 spiro atoms. The van der Waals surface area contributed by atoms with Gasteiger partial charge in [0, 0.05) is 12.6 Å². The van der Waals surface area contributed by atoms with E-state index in [1.165, 1.54) is 33.3 Å². The number of rotatable bonds is 7. The topological polar surface area (TPSA) is 103 Å². The van der Waals surface area contributed by atoms with Gasteiger partial charge in [0.1, 0.15) is 22.0 Å². The lowest BCUT2D eigenvalue weighted by atomic mass is 9.96. The van der Waals surface area contributed by atoms with Crippen LogP contribution in [-0.2, 0) is 15.6 Å². The van der Waals surface area contributed by atoms with Gasteiger partial charge in [-0.1, -0.05) is 6.07 Å². The summed E-state index contributed by atoms with van der Waals surface area (Å²) >= 11 is 0. The van der Waals surface area contributed by atoms with Crippen LogP contribution in [0.5, 0.6) is 23.0 Å². The van der Waals surface area contributed by atoms with Gasteiger partial charge in [-0.05, 0) is 36.8 Å². The highest BCUT2D eigenvalue weighted by Gasteiger charge is 2.29. The summed E-state index contributed by atoms with van der Waals surface area (Å²) in [4.78, 5) is -0.0779. The van der Waals surface area contributed by atoms with Crippen LogP contribution in [-0.4, -0.2) is 41.1 Å². The standard InChI is InChI=1S/C18H21NO7S/c1-18(20,12-4-6-14-16(8-12)26-11-25-14)10-19-27(21,22)17-9-13(23-2)5-7-15(17)24-3/h4-9,19-20H,10-11H2,1-3H3/t18-/m0/s1. The molecule has 3 rings (SSSR count). The van der Waals surface area contributed by atoms with Gasteiger partial charge in [0.2, 0.25) is 16.8 Å². The predicted molar refractivity (Wildman–Crippen MR) is 96.9 cm³/mol. The molecule has 146 valence electrons. The molecule has 0 aliphatic carbocycles. The zero-order valence-corrected chi connectivity index (χ0v) is 16.0. The quantitative estimate of drug-likeness (QED) is 0.734. The molecule has 2 N–H and O–H groups in total. The summed E-state index contributed by atoms with van der Waals surface area (Å²) in [7, 11) is -1.14. The molecule has 8 nitrogen and oxygen atoms in total. The summed E-state index contributed by atoms with van der Waals surface area (Å²) in [5.74, 6) is 1.63. The van der Waals surface area contributed by atoms with Gasteiger partial charge in [-0.2, -0.15) is 0 Å². The summed E-state index contributed by atoms with van der Waals surface area (Å²) in [5.41, 5.74) is -0.979. The Morgan fingerprint density at radius 3 is 2.56 bits per heavy atom. The van der Waals surface area contributed by atoms with Crippen molar-refractivity contribution in [1.29, 1.82) is 0 Å². The van der Waals surface area contributed by atoms with Crippen molar-refractivity contribution >= 4 is 10.0 Å². The van der Waals surface area contributed by atoms with Gasteiger partial charge >= 0.3 is 0 Å². The molecule has 1 aliphatic rings. The Labute approximate surface area is 157 Å². The second kappa shape index (κ2) is 7.26. The monoisotopic (exact) mass is 395 g/mol. The summed E-state index contributed by atoms with van der Waals surface area (Å²) < 4.78 is 48.7. The van der Waals surface area contributed by atoms with E-state index in [0.717, 1.165) is 0 Å². The molecule has 1 atom stereocenters. The highest BCUT2D eigenvalue weighted by Crippen LogP contribution is 2.36. The second-order valence-electron chi connectivity index (χ2n) is 6.18. The van der Waals surface area contributed by atoms with E-state index in [2.05, 4.69) is 4.72 Å². The molecule has 27 heavy (non-hydrogen) atoms. The summed E-state index contributed by atoms with van der Waals surface area (Å²) in [6.45, 7) is 1.37. The van der Waals surface area contributed by atoms with Crippen LogP contribution in [0.25, 0.3) is 0 Å². The van der Waals surface area contributed by atoms with E-state index in [9.17, 15) is 13.5 Å². The van der Waals surface area contributed by atoms with Gasteiger partial charge in [0.15, 0.2) is 11.5 Å². The van der Waals surface area contributed by atoms with Crippen LogP contribution >= 0.6 is 0 Å². The van der Waals surface area contributed by atoms with Gasteiger partial charge in [-0.3, -0.25) is 0 Å². The fourth-order valence-corrected chi connectivity index (χ4v) is 3.96. The number of methoxy groups -OCH3 is 2. The van der Waals surface area contributed by atoms with Crippen LogP contribution in [0.4, 0.5) is 0 Å². The minimum absolute atomic E-state index is 0.0779. The third-order valence-electron chi connectivity index (χ3n) is 4.26. The van der Waals surface area contributed by atoms with Crippen molar-refractivity contribution in [3.63, 3.8) is 0 Å². The van der Waals surface area contributed by atoms with Crippen molar-refractivity contribution in [3.8, 4) is 23.0 Å². The third kappa shape index (κ3) is 3.95. The van der Waals surface area contributed by atoms with E-state index in [4.69, 9.17) is 18.9 Å². The molecule has 0 radical (unpaired) electrons. The summed E-state index contributed by atoms with van der Waals surface area (Å²) in [6, 6.07) is 9.42. The average Bonchev–Trinajstić information content (AvgIpc) is 3.14. The van der Waals surface area contributed by atoms with E-state index in [0.29, 0.717) is 22.8 Å². The van der Waals surface area contributed by atoms with Crippen molar-refractivity contribution in [3.05, 3.63) is 42.0 Å². The first-order chi connectivity index (χ1) is 12.8. The maximum atomic E-state index is 12.7. The minimum Gasteiger partial charge on any atom is -0.497 e. The van der Waals surface area contributed by atoms with Crippen LogP contribution in [0.3, 0.4) is 0 Å². The SMILES string of the molecule is COc1ccc(OC)c(S(=O)(=O)NC[C@](C)(O)c2ccc3c(c2)OCO3)c1. The Kier molecular flexibility index (Phi) is 5.18. The Bertz CT molecular complexity index is 941. The highest BCUT2D eigenvalue weighted by atomic mass is 32.2. The Hall–Kier alpha value is -2.49. The van der Waals surface area contributed by atoms with Crippen molar-refractivity contribution in [2.24, 2.45) is 0 Å². The summed E-state index contributed by atoms with van der Waals surface area (Å²) in [5, 5.41) is 10.8. The minimum atomic E-state index is -3.96. The van der Waals surface area contributed by atoms with Crippen LogP contribution in [0.2, 0.25) is 0 Å². The number of hydrogen-bond acceptors (Lipinski definition) is 7. The second-order valence-corrected chi connectivity index (χ2v) is 7.92. The Morgan fingerprint density at radius 2 is 1.85 bits per heavy atom. The molecule has 0 bridgehead atoms. The largest absolute Gasteiger partial charge is 0.497 e. The molecule has 2 aromatic rings. The number of benzene rings is 2. The van der Waals surface area contributed by atoms with Gasteiger partial charge in [-0.25, -0.2) is 13.1 Å².